The van der Waals surface area contributed by atoms with E-state index < -0.39 is 5.82 Å². The second-order valence-electron chi connectivity index (χ2n) is 9.60. The Balaban J connectivity index is 0.00000164. The molecule has 0 bridgehead atoms. The zero-order valence-electron chi connectivity index (χ0n) is 22.4. The number of anilines is 1. The first-order chi connectivity index (χ1) is 18.4. The predicted octanol–water partition coefficient (Wildman–Crippen LogP) is 5.86. The molecule has 2 aromatic carbocycles. The van der Waals surface area contributed by atoms with Crippen molar-refractivity contribution < 1.29 is 9.13 Å². The highest BCUT2D eigenvalue weighted by Gasteiger charge is 2.45. The lowest BCUT2D eigenvalue weighted by Gasteiger charge is -2.50. The zero-order valence-corrected chi connectivity index (χ0v) is 23.2. The molecule has 202 valence electrons. The second kappa shape index (κ2) is 12.2. The molecule has 1 aromatic heterocycles. The number of aromatic nitrogens is 2. The molecule has 1 aliphatic carbocycles. The molecule has 2 fully saturated rings. The average molecular weight is 539 g/mol. The molecule has 8 nitrogen and oxygen atoms in total. The van der Waals surface area contributed by atoms with Crippen molar-refractivity contribution in [2.24, 2.45) is 5.41 Å². The molecule has 0 unspecified atom stereocenters. The summed E-state index contributed by atoms with van der Waals surface area (Å²) >= 11 is 1.30. The number of fused-ring (bicyclic) bond motifs is 1. The summed E-state index contributed by atoms with van der Waals surface area (Å²) in [6, 6.07) is 9.85. The Labute approximate surface area is 227 Å². The van der Waals surface area contributed by atoms with Gasteiger partial charge in [0, 0.05) is 24.7 Å². The summed E-state index contributed by atoms with van der Waals surface area (Å²) in [5.74, 6) is -0.567. The smallest absolute Gasteiger partial charge is 0.261 e. The third-order valence-electron chi connectivity index (χ3n) is 7.35. The first-order valence-corrected chi connectivity index (χ1v) is 14.0. The van der Waals surface area contributed by atoms with Gasteiger partial charge in [0.15, 0.2) is 11.6 Å². The third-order valence-corrected chi connectivity index (χ3v) is 8.23. The molecule has 0 radical (unpaired) electrons. The molecule has 1 aliphatic heterocycles. The van der Waals surface area contributed by atoms with Crippen molar-refractivity contribution in [1.82, 2.24) is 19.2 Å². The lowest BCUT2D eigenvalue weighted by molar-refractivity contribution is 0.0270. The van der Waals surface area contributed by atoms with Gasteiger partial charge in [-0.3, -0.25) is 9.36 Å². The van der Waals surface area contributed by atoms with Crippen molar-refractivity contribution in [2.75, 3.05) is 31.4 Å². The number of benzene rings is 2. The van der Waals surface area contributed by atoms with E-state index in [1.165, 1.54) is 24.3 Å². The molecular weight excluding hydrogens is 503 g/mol. The van der Waals surface area contributed by atoms with Crippen molar-refractivity contribution >= 4 is 28.7 Å². The van der Waals surface area contributed by atoms with Gasteiger partial charge in [0.25, 0.3) is 5.56 Å². The van der Waals surface area contributed by atoms with E-state index in [2.05, 4.69) is 15.0 Å². The molecule has 38 heavy (non-hydrogen) atoms. The number of ether oxygens (including phenoxy) is 1. The SMILES string of the molecule is CC.CCN(C)SNc1ccc(F)c(Oc2ccc3ncn(C4CC5(CCNCC5)C4)c(=O)c3c2)c1C#N. The van der Waals surface area contributed by atoms with Gasteiger partial charge in [-0.05, 0) is 81.6 Å². The predicted molar refractivity (Wildman–Crippen MR) is 151 cm³/mol. The summed E-state index contributed by atoms with van der Waals surface area (Å²) in [7, 11) is 1.90. The van der Waals surface area contributed by atoms with Crippen LogP contribution in [0.3, 0.4) is 0 Å². The van der Waals surface area contributed by atoms with Gasteiger partial charge in [0.2, 0.25) is 0 Å². The first-order valence-electron chi connectivity index (χ1n) is 13.2. The number of nitriles is 1. The van der Waals surface area contributed by atoms with Gasteiger partial charge in [-0.15, -0.1) is 0 Å². The van der Waals surface area contributed by atoms with E-state index in [1.54, 1.807) is 29.1 Å². The number of hydrogen-bond donors (Lipinski definition) is 2. The van der Waals surface area contributed by atoms with Crippen LogP contribution in [0.4, 0.5) is 10.1 Å². The van der Waals surface area contributed by atoms with Gasteiger partial charge in [-0.2, -0.15) is 5.26 Å². The van der Waals surface area contributed by atoms with E-state index in [0.29, 0.717) is 22.0 Å². The van der Waals surface area contributed by atoms with E-state index in [-0.39, 0.29) is 28.7 Å². The van der Waals surface area contributed by atoms with E-state index in [1.807, 2.05) is 38.2 Å². The molecule has 10 heteroatoms. The molecule has 2 aliphatic rings. The maximum atomic E-state index is 14.8. The average Bonchev–Trinajstić information content (AvgIpc) is 2.94. The fourth-order valence-corrected chi connectivity index (χ4v) is 5.66. The minimum atomic E-state index is -0.656. The highest BCUT2D eigenvalue weighted by molar-refractivity contribution is 7.98. The van der Waals surface area contributed by atoms with Crippen LogP contribution in [-0.2, 0) is 0 Å². The van der Waals surface area contributed by atoms with Gasteiger partial charge in [0.1, 0.15) is 17.4 Å². The van der Waals surface area contributed by atoms with Crippen molar-refractivity contribution in [2.45, 2.75) is 52.5 Å². The number of nitrogens with one attached hydrogen (secondary N) is 2. The Hall–Kier alpha value is -3.13. The minimum Gasteiger partial charge on any atom is -0.453 e. The van der Waals surface area contributed by atoms with E-state index in [0.717, 1.165) is 45.3 Å². The normalized spacial score (nSPS) is 16.4. The zero-order chi connectivity index (χ0) is 27.3. The number of halogens is 1. The maximum Gasteiger partial charge on any atom is 0.261 e. The molecule has 1 saturated heterocycles. The Kier molecular flexibility index (Phi) is 8.92. The monoisotopic (exact) mass is 538 g/mol. The number of piperidine rings is 1. The molecule has 3 aromatic rings. The summed E-state index contributed by atoms with van der Waals surface area (Å²) in [6.07, 6.45) is 5.90. The number of rotatable bonds is 7. The van der Waals surface area contributed by atoms with Gasteiger partial charge in [-0.1, -0.05) is 20.8 Å². The van der Waals surface area contributed by atoms with Gasteiger partial charge in [0.05, 0.1) is 22.9 Å². The van der Waals surface area contributed by atoms with Gasteiger partial charge in [-0.25, -0.2) is 13.7 Å². The van der Waals surface area contributed by atoms with E-state index >= 15 is 0 Å². The minimum absolute atomic E-state index is 0.0532. The molecule has 2 heterocycles. The van der Waals surface area contributed by atoms with Crippen LogP contribution < -0.4 is 20.3 Å². The lowest BCUT2D eigenvalue weighted by Crippen LogP contribution is -2.47. The largest absolute Gasteiger partial charge is 0.453 e. The van der Waals surface area contributed by atoms with Crippen molar-refractivity contribution in [3.05, 3.63) is 58.4 Å². The maximum absolute atomic E-state index is 14.8. The first kappa shape index (κ1) is 27.9. The van der Waals surface area contributed by atoms with Crippen LogP contribution in [0.15, 0.2) is 41.5 Å². The van der Waals surface area contributed by atoms with Gasteiger partial charge < -0.3 is 14.8 Å². The topological polar surface area (TPSA) is 95.2 Å². The summed E-state index contributed by atoms with van der Waals surface area (Å²) in [6.45, 7) is 8.85. The molecule has 0 amide bonds. The molecular formula is C28H35FN6O2S. The Morgan fingerprint density at radius 3 is 2.71 bits per heavy atom. The second-order valence-corrected chi connectivity index (χ2v) is 10.6. The molecule has 0 atom stereocenters. The highest BCUT2D eigenvalue weighted by Crippen LogP contribution is 2.53. The lowest BCUT2D eigenvalue weighted by atomic mass is 9.60. The molecule has 5 rings (SSSR count). The van der Waals surface area contributed by atoms with Crippen LogP contribution in [0.2, 0.25) is 0 Å². The van der Waals surface area contributed by atoms with Crippen molar-refractivity contribution in [3.63, 3.8) is 0 Å². The summed E-state index contributed by atoms with van der Waals surface area (Å²) < 4.78 is 27.3. The number of nitrogens with zero attached hydrogens (tertiary/aromatic N) is 4. The summed E-state index contributed by atoms with van der Waals surface area (Å²) in [5.41, 5.74) is 1.26. The van der Waals surface area contributed by atoms with Crippen LogP contribution >= 0.6 is 12.1 Å². The van der Waals surface area contributed by atoms with E-state index in [9.17, 15) is 14.4 Å². The molecule has 2 N–H and O–H groups in total. The molecule has 1 spiro atoms. The standard InChI is InChI=1S/C26H29FN6O2S.C2H6/c1-3-32(2)36-31-23-7-5-21(27)24(20(23)15-28)35-18-4-6-22-19(12-18)25(34)33(16-30-22)17-13-26(14-17)8-10-29-11-9-26;1-2/h4-7,12,16-17,29,31H,3,8-11,13-14H2,1-2H3;1-2H3. The quantitative estimate of drug-likeness (QED) is 0.362. The van der Waals surface area contributed by atoms with Crippen LogP contribution in [0, 0.1) is 22.6 Å². The Morgan fingerprint density at radius 2 is 2.03 bits per heavy atom. The molecule has 1 saturated carbocycles. The Morgan fingerprint density at radius 1 is 1.29 bits per heavy atom. The third kappa shape index (κ3) is 5.65. The van der Waals surface area contributed by atoms with Gasteiger partial charge >= 0.3 is 0 Å². The highest BCUT2D eigenvalue weighted by atomic mass is 32.2. The van der Waals surface area contributed by atoms with Crippen LogP contribution in [0.1, 0.15) is 58.1 Å². The van der Waals surface area contributed by atoms with Crippen LogP contribution in [0.25, 0.3) is 10.9 Å². The Bertz CT molecular complexity index is 1370. The summed E-state index contributed by atoms with van der Waals surface area (Å²) in [4.78, 5) is 17.9. The van der Waals surface area contributed by atoms with Crippen LogP contribution in [-0.4, -0.2) is 40.5 Å². The van der Waals surface area contributed by atoms with Crippen molar-refractivity contribution in [3.8, 4) is 17.6 Å². The fourth-order valence-electron chi connectivity index (χ4n) is 5.10. The fraction of sp³-hybridized carbons (Fsp3) is 0.464. The van der Waals surface area contributed by atoms with Crippen molar-refractivity contribution in [1.29, 1.82) is 5.26 Å². The van der Waals surface area contributed by atoms with E-state index in [4.69, 9.17) is 4.74 Å². The van der Waals surface area contributed by atoms with Crippen LogP contribution in [0.5, 0.6) is 11.5 Å². The number of hydrogen-bond acceptors (Lipinski definition) is 8. The summed E-state index contributed by atoms with van der Waals surface area (Å²) in [5, 5.41) is 13.6.